The Morgan fingerprint density at radius 3 is 2.45 bits per heavy atom. The smallest absolute Gasteiger partial charge is 0.239 e. The van der Waals surface area contributed by atoms with Crippen LogP contribution in [0, 0.1) is 0 Å². The van der Waals surface area contributed by atoms with Crippen LogP contribution in [0.25, 0.3) is 0 Å². The first-order valence-electron chi connectivity index (χ1n) is 7.57. The second-order valence-corrected chi connectivity index (χ2v) is 6.31. The van der Waals surface area contributed by atoms with E-state index < -0.39 is 0 Å². The number of rotatable bonds is 5. The summed E-state index contributed by atoms with van der Waals surface area (Å²) in [7, 11) is 1.89. The summed E-state index contributed by atoms with van der Waals surface area (Å²) >= 11 is 5.20. The molecule has 0 aliphatic carbocycles. The summed E-state index contributed by atoms with van der Waals surface area (Å²) in [4.78, 5) is 19.2. The molecule has 20 heavy (non-hydrogen) atoms. The quantitative estimate of drug-likeness (QED) is 0.740. The van der Waals surface area contributed by atoms with E-state index in [2.05, 4.69) is 16.7 Å². The maximum absolute atomic E-state index is 12.1. The van der Waals surface area contributed by atoms with Gasteiger partial charge in [-0.05, 0) is 12.8 Å². The molecule has 2 N–H and O–H groups in total. The summed E-state index contributed by atoms with van der Waals surface area (Å²) in [6, 6.07) is 0.315. The number of nitrogens with zero attached hydrogens (tertiary/aromatic N) is 3. The van der Waals surface area contributed by atoms with E-state index in [1.807, 2.05) is 11.9 Å². The first-order chi connectivity index (χ1) is 9.54. The van der Waals surface area contributed by atoms with Crippen LogP contribution in [0.5, 0.6) is 0 Å². The van der Waals surface area contributed by atoms with Crippen molar-refractivity contribution in [2.24, 2.45) is 5.73 Å². The molecule has 0 bridgehead atoms. The van der Waals surface area contributed by atoms with Gasteiger partial charge in [0.1, 0.15) is 0 Å². The van der Waals surface area contributed by atoms with Crippen molar-refractivity contribution < 1.29 is 4.79 Å². The molecule has 2 saturated heterocycles. The van der Waals surface area contributed by atoms with Crippen molar-refractivity contribution >= 4 is 23.1 Å². The molecule has 0 saturated carbocycles. The Morgan fingerprint density at radius 1 is 1.35 bits per heavy atom. The number of likely N-dealkylation sites (tertiary alicyclic amines) is 1. The van der Waals surface area contributed by atoms with E-state index in [1.165, 1.54) is 0 Å². The van der Waals surface area contributed by atoms with Gasteiger partial charge in [0.05, 0.1) is 17.1 Å². The fourth-order valence-corrected chi connectivity index (χ4v) is 3.55. The highest BCUT2D eigenvalue weighted by atomic mass is 32.1. The molecule has 114 valence electrons. The largest absolute Gasteiger partial charge is 0.392 e. The Morgan fingerprint density at radius 2 is 2.00 bits per heavy atom. The molecule has 1 amide bonds. The molecule has 6 heteroatoms. The summed E-state index contributed by atoms with van der Waals surface area (Å²) in [5, 5.41) is 0. The van der Waals surface area contributed by atoms with E-state index in [9.17, 15) is 4.79 Å². The second kappa shape index (κ2) is 6.83. The van der Waals surface area contributed by atoms with Gasteiger partial charge in [-0.2, -0.15) is 0 Å². The molecule has 2 fully saturated rings. The number of thiocarbonyl (C=S) groups is 1. The Hall–Kier alpha value is -0.720. The van der Waals surface area contributed by atoms with Gasteiger partial charge in [0.2, 0.25) is 5.91 Å². The molecule has 0 aromatic rings. The van der Waals surface area contributed by atoms with E-state index in [-0.39, 0.29) is 18.0 Å². The lowest BCUT2D eigenvalue weighted by Crippen LogP contribution is -2.56. The maximum atomic E-state index is 12.1. The van der Waals surface area contributed by atoms with Gasteiger partial charge in [0.15, 0.2) is 0 Å². The van der Waals surface area contributed by atoms with Gasteiger partial charge in [-0.25, -0.2) is 0 Å². The number of nitrogens with two attached hydrogens (primary N) is 1. The van der Waals surface area contributed by atoms with Gasteiger partial charge in [-0.15, -0.1) is 0 Å². The van der Waals surface area contributed by atoms with E-state index in [0.717, 1.165) is 52.0 Å². The van der Waals surface area contributed by atoms with E-state index in [4.69, 9.17) is 18.0 Å². The standard InChI is InChI=1S/C14H26N4OS/c1-3-4-11(13(15)20)17-7-9-18(10-8-17)12-5-6-16(2)14(12)19/h11-12H,3-10H2,1-2H3,(H2,15,20). The average Bonchev–Trinajstić information content (AvgIpc) is 2.76. The molecular formula is C14H26N4OS. The zero-order chi connectivity index (χ0) is 14.7. The topological polar surface area (TPSA) is 52.8 Å². The predicted octanol–water partition coefficient (Wildman–Crippen LogP) is 0.290. The van der Waals surface area contributed by atoms with Crippen LogP contribution in [-0.4, -0.2) is 77.5 Å². The van der Waals surface area contributed by atoms with Gasteiger partial charge < -0.3 is 10.6 Å². The zero-order valence-corrected chi connectivity index (χ0v) is 13.4. The summed E-state index contributed by atoms with van der Waals surface area (Å²) in [6.07, 6.45) is 3.08. The number of carbonyl (C=O) groups is 1. The van der Waals surface area contributed by atoms with Gasteiger partial charge in [-0.1, -0.05) is 25.6 Å². The number of piperazine rings is 1. The average molecular weight is 298 g/mol. The minimum absolute atomic E-state index is 0.0941. The van der Waals surface area contributed by atoms with E-state index in [1.54, 1.807) is 0 Å². The van der Waals surface area contributed by atoms with Gasteiger partial charge >= 0.3 is 0 Å². The minimum Gasteiger partial charge on any atom is -0.392 e. The fraction of sp³-hybridized carbons (Fsp3) is 0.857. The molecule has 2 aliphatic heterocycles. The lowest BCUT2D eigenvalue weighted by atomic mass is 10.1. The first-order valence-corrected chi connectivity index (χ1v) is 7.97. The highest BCUT2D eigenvalue weighted by Crippen LogP contribution is 2.19. The monoisotopic (exact) mass is 298 g/mol. The predicted molar refractivity (Wildman–Crippen MR) is 84.7 cm³/mol. The number of carbonyl (C=O) groups excluding carboxylic acids is 1. The summed E-state index contributed by atoms with van der Waals surface area (Å²) < 4.78 is 0. The van der Waals surface area contributed by atoms with Crippen LogP contribution in [0.1, 0.15) is 26.2 Å². The molecule has 0 spiro atoms. The van der Waals surface area contributed by atoms with Crippen molar-refractivity contribution in [2.75, 3.05) is 39.8 Å². The minimum atomic E-state index is 0.0941. The molecule has 2 heterocycles. The number of hydrogen-bond donors (Lipinski definition) is 1. The third-order valence-corrected chi connectivity index (χ3v) is 4.79. The van der Waals surface area contributed by atoms with Crippen LogP contribution in [0.2, 0.25) is 0 Å². The fourth-order valence-electron chi connectivity index (χ4n) is 3.28. The van der Waals surface area contributed by atoms with Gasteiger partial charge in [0.25, 0.3) is 0 Å². The van der Waals surface area contributed by atoms with Crippen LogP contribution in [0.3, 0.4) is 0 Å². The molecular weight excluding hydrogens is 272 g/mol. The number of likely N-dealkylation sites (N-methyl/N-ethyl adjacent to an activating group) is 1. The summed E-state index contributed by atoms with van der Waals surface area (Å²) in [5.41, 5.74) is 5.87. The molecule has 5 nitrogen and oxygen atoms in total. The SMILES string of the molecule is CCCC(C(N)=S)N1CCN(C2CCN(C)C2=O)CC1. The second-order valence-electron chi connectivity index (χ2n) is 5.84. The Kier molecular flexibility index (Phi) is 5.35. The Bertz CT molecular complexity index is 356. The molecule has 2 rings (SSSR count). The van der Waals surface area contributed by atoms with Gasteiger partial charge in [-0.3, -0.25) is 14.6 Å². The first kappa shape index (κ1) is 15.7. The van der Waals surface area contributed by atoms with Crippen molar-refractivity contribution in [3.05, 3.63) is 0 Å². The van der Waals surface area contributed by atoms with Crippen molar-refractivity contribution in [3.63, 3.8) is 0 Å². The van der Waals surface area contributed by atoms with E-state index >= 15 is 0 Å². The van der Waals surface area contributed by atoms with Crippen molar-refractivity contribution in [1.29, 1.82) is 0 Å². The van der Waals surface area contributed by atoms with Crippen LogP contribution in [-0.2, 0) is 4.79 Å². The maximum Gasteiger partial charge on any atom is 0.239 e. The van der Waals surface area contributed by atoms with Crippen LogP contribution >= 0.6 is 12.2 Å². The molecule has 2 aliphatic rings. The van der Waals surface area contributed by atoms with Crippen LogP contribution in [0.4, 0.5) is 0 Å². The number of amides is 1. The molecule has 0 radical (unpaired) electrons. The molecule has 2 unspecified atom stereocenters. The number of hydrogen-bond acceptors (Lipinski definition) is 4. The normalized spacial score (nSPS) is 27.0. The van der Waals surface area contributed by atoms with Crippen molar-refractivity contribution in [2.45, 2.75) is 38.3 Å². The molecule has 0 aromatic carbocycles. The highest BCUT2D eigenvalue weighted by Gasteiger charge is 2.36. The third-order valence-electron chi connectivity index (χ3n) is 4.52. The lowest BCUT2D eigenvalue weighted by Gasteiger charge is -2.40. The van der Waals surface area contributed by atoms with Crippen LogP contribution in [0.15, 0.2) is 0 Å². The van der Waals surface area contributed by atoms with Crippen molar-refractivity contribution in [3.8, 4) is 0 Å². The van der Waals surface area contributed by atoms with Crippen molar-refractivity contribution in [1.82, 2.24) is 14.7 Å². The Balaban J connectivity index is 1.88. The van der Waals surface area contributed by atoms with Gasteiger partial charge in [0, 0.05) is 39.8 Å². The Labute approximate surface area is 127 Å². The summed E-state index contributed by atoms with van der Waals surface area (Å²) in [5.74, 6) is 0.276. The van der Waals surface area contributed by atoms with Crippen LogP contribution < -0.4 is 5.73 Å². The molecule has 2 atom stereocenters. The zero-order valence-electron chi connectivity index (χ0n) is 12.5. The summed E-state index contributed by atoms with van der Waals surface area (Å²) in [6.45, 7) is 6.83. The highest BCUT2D eigenvalue weighted by molar-refractivity contribution is 7.80. The molecule has 0 aromatic heterocycles. The third kappa shape index (κ3) is 3.30. The lowest BCUT2D eigenvalue weighted by molar-refractivity contribution is -0.131. The van der Waals surface area contributed by atoms with E-state index in [0.29, 0.717) is 4.99 Å².